The van der Waals surface area contributed by atoms with Crippen LogP contribution in [0.4, 0.5) is 9.52 Å². The molecule has 0 saturated heterocycles. The van der Waals surface area contributed by atoms with E-state index in [1.807, 2.05) is 6.08 Å². The average Bonchev–Trinajstić information content (AvgIpc) is 3.43. The number of rotatable bonds is 5. The van der Waals surface area contributed by atoms with E-state index in [0.29, 0.717) is 28.0 Å². The lowest BCUT2D eigenvalue weighted by Crippen LogP contribution is -2.15. The van der Waals surface area contributed by atoms with E-state index < -0.39 is 5.82 Å². The SMILES string of the molecule is Cc1nnnn1-c1ccc(/C(=C\C2CCCC2)C(=O)Nc2nccs2)cc1F. The van der Waals surface area contributed by atoms with E-state index in [4.69, 9.17) is 0 Å². The number of hydrogen-bond donors (Lipinski definition) is 1. The summed E-state index contributed by atoms with van der Waals surface area (Å²) in [7, 11) is 0. The summed E-state index contributed by atoms with van der Waals surface area (Å²) in [5, 5.41) is 16.3. The first kappa shape index (κ1) is 18.4. The van der Waals surface area contributed by atoms with Gasteiger partial charge in [-0.2, -0.15) is 4.68 Å². The van der Waals surface area contributed by atoms with Crippen molar-refractivity contribution in [3.8, 4) is 5.69 Å². The van der Waals surface area contributed by atoms with Crippen molar-refractivity contribution in [2.45, 2.75) is 32.6 Å². The van der Waals surface area contributed by atoms with Crippen LogP contribution in [-0.2, 0) is 4.79 Å². The van der Waals surface area contributed by atoms with Crippen molar-refractivity contribution in [1.82, 2.24) is 25.2 Å². The van der Waals surface area contributed by atoms with Crippen LogP contribution in [0.1, 0.15) is 37.1 Å². The zero-order valence-corrected chi connectivity index (χ0v) is 16.1. The molecule has 0 radical (unpaired) electrons. The van der Waals surface area contributed by atoms with E-state index in [9.17, 15) is 9.18 Å². The molecule has 9 heteroatoms. The fourth-order valence-corrected chi connectivity index (χ4v) is 3.94. The highest BCUT2D eigenvalue weighted by atomic mass is 32.1. The van der Waals surface area contributed by atoms with E-state index in [-0.39, 0.29) is 11.6 Å². The summed E-state index contributed by atoms with van der Waals surface area (Å²) < 4.78 is 16.2. The van der Waals surface area contributed by atoms with Crippen LogP contribution in [0.15, 0.2) is 35.9 Å². The van der Waals surface area contributed by atoms with Crippen LogP contribution in [-0.4, -0.2) is 31.1 Å². The third kappa shape index (κ3) is 3.84. The van der Waals surface area contributed by atoms with Crippen LogP contribution in [0.25, 0.3) is 11.3 Å². The van der Waals surface area contributed by atoms with E-state index in [2.05, 4.69) is 25.8 Å². The van der Waals surface area contributed by atoms with Crippen molar-refractivity contribution >= 4 is 27.9 Å². The molecule has 7 nitrogen and oxygen atoms in total. The average molecular weight is 398 g/mol. The largest absolute Gasteiger partial charge is 0.298 e. The first-order valence-electron chi connectivity index (χ1n) is 9.10. The van der Waals surface area contributed by atoms with Crippen molar-refractivity contribution in [2.24, 2.45) is 5.92 Å². The Morgan fingerprint density at radius 1 is 1.36 bits per heavy atom. The Balaban J connectivity index is 1.68. The number of aromatic nitrogens is 5. The van der Waals surface area contributed by atoms with E-state index in [0.717, 1.165) is 25.7 Å². The number of carbonyl (C=O) groups excluding carboxylic acids is 1. The Bertz CT molecular complexity index is 1010. The van der Waals surface area contributed by atoms with Gasteiger partial charge in [-0.05, 0) is 53.8 Å². The number of amides is 1. The van der Waals surface area contributed by atoms with Gasteiger partial charge in [0.05, 0.1) is 0 Å². The summed E-state index contributed by atoms with van der Waals surface area (Å²) in [5.74, 6) is 0.0244. The molecule has 0 unspecified atom stereocenters. The third-order valence-corrected chi connectivity index (χ3v) is 5.50. The first-order valence-corrected chi connectivity index (χ1v) is 9.98. The number of halogens is 1. The number of nitrogens with zero attached hydrogens (tertiary/aromatic N) is 5. The summed E-state index contributed by atoms with van der Waals surface area (Å²) in [6, 6.07) is 4.67. The summed E-state index contributed by atoms with van der Waals surface area (Å²) in [6.07, 6.45) is 7.97. The van der Waals surface area contributed by atoms with Crippen LogP contribution in [0, 0.1) is 18.7 Å². The van der Waals surface area contributed by atoms with Crippen LogP contribution in [0.5, 0.6) is 0 Å². The number of nitrogens with one attached hydrogen (secondary N) is 1. The highest BCUT2D eigenvalue weighted by molar-refractivity contribution is 7.13. The minimum atomic E-state index is -0.493. The lowest BCUT2D eigenvalue weighted by atomic mass is 9.97. The second-order valence-corrected chi connectivity index (χ2v) is 7.61. The van der Waals surface area contributed by atoms with Crippen LogP contribution < -0.4 is 5.32 Å². The molecular formula is C19H19FN6OS. The van der Waals surface area contributed by atoms with Gasteiger partial charge in [0.2, 0.25) is 0 Å². The van der Waals surface area contributed by atoms with E-state index in [1.54, 1.807) is 30.6 Å². The molecular weight excluding hydrogens is 379 g/mol. The van der Waals surface area contributed by atoms with Crippen molar-refractivity contribution in [2.75, 3.05) is 5.32 Å². The molecule has 1 saturated carbocycles. The maximum atomic E-state index is 14.8. The van der Waals surface area contributed by atoms with Gasteiger partial charge in [0.15, 0.2) is 11.0 Å². The summed E-state index contributed by atoms with van der Waals surface area (Å²) in [5.41, 5.74) is 1.22. The third-order valence-electron chi connectivity index (χ3n) is 4.81. The number of thiazole rings is 1. The molecule has 0 spiro atoms. The summed E-state index contributed by atoms with van der Waals surface area (Å²) >= 11 is 1.34. The lowest BCUT2D eigenvalue weighted by Gasteiger charge is -2.12. The smallest absolute Gasteiger partial charge is 0.257 e. The molecule has 2 aromatic heterocycles. The monoisotopic (exact) mass is 398 g/mol. The maximum absolute atomic E-state index is 14.8. The fraction of sp³-hybridized carbons (Fsp3) is 0.316. The minimum absolute atomic E-state index is 0.242. The molecule has 0 bridgehead atoms. The summed E-state index contributed by atoms with van der Waals surface area (Å²) in [4.78, 5) is 17.0. The molecule has 1 aliphatic carbocycles. The van der Waals surface area contributed by atoms with E-state index in [1.165, 1.54) is 22.1 Å². The van der Waals surface area contributed by atoms with Crippen LogP contribution in [0.2, 0.25) is 0 Å². The van der Waals surface area contributed by atoms with Gasteiger partial charge >= 0.3 is 0 Å². The number of tetrazole rings is 1. The zero-order valence-electron chi connectivity index (χ0n) is 15.3. The molecule has 3 aromatic rings. The molecule has 1 amide bonds. The highest BCUT2D eigenvalue weighted by Crippen LogP contribution is 2.30. The van der Waals surface area contributed by atoms with Gasteiger partial charge in [0.25, 0.3) is 5.91 Å². The lowest BCUT2D eigenvalue weighted by molar-refractivity contribution is -0.111. The minimum Gasteiger partial charge on any atom is -0.298 e. The van der Waals surface area contributed by atoms with E-state index >= 15 is 0 Å². The van der Waals surface area contributed by atoms with Gasteiger partial charge in [0, 0.05) is 17.2 Å². The summed E-state index contributed by atoms with van der Waals surface area (Å²) in [6.45, 7) is 1.69. The Labute approximate surface area is 165 Å². The first-order chi connectivity index (χ1) is 13.6. The van der Waals surface area contributed by atoms with Gasteiger partial charge in [-0.15, -0.1) is 16.4 Å². The number of anilines is 1. The second kappa shape index (κ2) is 7.97. The molecule has 0 aliphatic heterocycles. The molecule has 2 heterocycles. The standard InChI is InChI=1S/C19H19FN6OS/c1-12-23-24-25-26(12)17-7-6-14(11-16(17)20)15(10-13-4-2-3-5-13)18(27)22-19-21-8-9-28-19/h6-11,13H,2-5H2,1H3,(H,21,22,27)/b15-10+. The molecule has 0 atom stereocenters. The molecule has 4 rings (SSSR count). The van der Waals surface area contributed by atoms with Crippen LogP contribution in [0.3, 0.4) is 0 Å². The number of carbonyl (C=O) groups is 1. The Kier molecular flexibility index (Phi) is 5.25. The van der Waals surface area contributed by atoms with Gasteiger partial charge in [-0.25, -0.2) is 9.37 Å². The van der Waals surface area contributed by atoms with Crippen molar-refractivity contribution < 1.29 is 9.18 Å². The van der Waals surface area contributed by atoms with Crippen molar-refractivity contribution in [1.29, 1.82) is 0 Å². The molecule has 144 valence electrons. The van der Waals surface area contributed by atoms with Crippen molar-refractivity contribution in [3.05, 3.63) is 53.1 Å². The maximum Gasteiger partial charge on any atom is 0.257 e. The number of benzene rings is 1. The molecule has 1 aromatic carbocycles. The molecule has 1 N–H and O–H groups in total. The Hall–Kier alpha value is -2.94. The molecule has 28 heavy (non-hydrogen) atoms. The highest BCUT2D eigenvalue weighted by Gasteiger charge is 2.20. The predicted octanol–water partition coefficient (Wildman–Crippen LogP) is 3.78. The molecule has 1 fully saturated rings. The Morgan fingerprint density at radius 3 is 2.82 bits per heavy atom. The van der Waals surface area contributed by atoms with Crippen LogP contribution >= 0.6 is 11.3 Å². The normalized spacial score (nSPS) is 15.1. The number of aryl methyl sites for hydroxylation is 1. The number of hydrogen-bond acceptors (Lipinski definition) is 6. The fourth-order valence-electron chi connectivity index (χ4n) is 3.41. The topological polar surface area (TPSA) is 85.6 Å². The zero-order chi connectivity index (χ0) is 19.5. The van der Waals surface area contributed by atoms with Gasteiger partial charge in [-0.1, -0.05) is 25.0 Å². The van der Waals surface area contributed by atoms with Crippen molar-refractivity contribution in [3.63, 3.8) is 0 Å². The van der Waals surface area contributed by atoms with Gasteiger partial charge in [-0.3, -0.25) is 10.1 Å². The predicted molar refractivity (Wildman–Crippen MR) is 105 cm³/mol. The Morgan fingerprint density at radius 2 is 2.18 bits per heavy atom. The quantitative estimate of drug-likeness (QED) is 0.661. The molecule has 1 aliphatic rings. The van der Waals surface area contributed by atoms with Gasteiger partial charge < -0.3 is 0 Å². The van der Waals surface area contributed by atoms with Gasteiger partial charge in [0.1, 0.15) is 11.5 Å². The number of allylic oxidation sites excluding steroid dienone is 1. The second-order valence-electron chi connectivity index (χ2n) is 6.72.